The Morgan fingerprint density at radius 3 is 2.43 bits per heavy atom. The van der Waals surface area contributed by atoms with Crippen LogP contribution in [0.2, 0.25) is 0 Å². The molecule has 9 nitrogen and oxygen atoms in total. The highest BCUT2D eigenvalue weighted by Gasteiger charge is 2.32. The Kier molecular flexibility index (Phi) is 10.4. The number of hydrogen-bond donors (Lipinski definition) is 4. The Morgan fingerprint density at radius 1 is 1.08 bits per heavy atom. The van der Waals surface area contributed by atoms with E-state index in [1.165, 1.54) is 12.1 Å². The highest BCUT2D eigenvalue weighted by atomic mass is 32.2. The maximum atomic E-state index is 13.4. The van der Waals surface area contributed by atoms with E-state index in [2.05, 4.69) is 15.4 Å². The van der Waals surface area contributed by atoms with Crippen molar-refractivity contribution >= 4 is 21.8 Å². The first-order chi connectivity index (χ1) is 17.7. The van der Waals surface area contributed by atoms with Gasteiger partial charge < -0.3 is 20.5 Å². The zero-order valence-corrected chi connectivity index (χ0v) is 21.6. The Balaban J connectivity index is 1.91. The molecule has 0 aliphatic carbocycles. The van der Waals surface area contributed by atoms with Crippen LogP contribution in [0.4, 0.5) is 4.39 Å². The van der Waals surface area contributed by atoms with Gasteiger partial charge in [-0.25, -0.2) is 8.60 Å². The van der Waals surface area contributed by atoms with Gasteiger partial charge in [0.1, 0.15) is 28.5 Å². The summed E-state index contributed by atoms with van der Waals surface area (Å²) in [4.78, 5) is 26.3. The van der Waals surface area contributed by atoms with E-state index in [9.17, 15) is 27.5 Å². The molecule has 5 N–H and O–H groups in total. The normalized spacial score (nSPS) is 23.3. The molecule has 1 unspecified atom stereocenters. The van der Waals surface area contributed by atoms with Gasteiger partial charge in [-0.2, -0.15) is 8.93 Å². The van der Waals surface area contributed by atoms with Crippen molar-refractivity contribution < 1.29 is 32.2 Å². The first-order valence-electron chi connectivity index (χ1n) is 12.4. The van der Waals surface area contributed by atoms with Gasteiger partial charge >= 0.3 is 10.0 Å². The molecule has 2 aliphatic heterocycles. The van der Waals surface area contributed by atoms with Crippen LogP contribution < -0.4 is 20.1 Å². The van der Waals surface area contributed by atoms with Crippen LogP contribution in [0.5, 0.6) is 5.75 Å². The molecular weight excluding hydrogens is 501 g/mol. The van der Waals surface area contributed by atoms with Crippen molar-refractivity contribution in [2.45, 2.75) is 68.5 Å². The first-order valence-corrected chi connectivity index (χ1v) is 14.0. The standard InChI is InChI=1S/C26H34FN3O6S/c1-2-5-23-25(32)28-20(17-31)6-3-4-15-36-21-11-7-18(8-12-21)16-24(26(33)29-23)30-37(34,35)22-13-9-19(27)10-14-22/h7-14,20,23-24,31H,2-6,15-17H2,1H3,(H,28,32)(H,29,33)(H,30,34,35)/p+1/t20-,23-,24-/m0/s1. The van der Waals surface area contributed by atoms with E-state index in [0.29, 0.717) is 37.2 Å². The second-order valence-electron chi connectivity index (χ2n) is 9.08. The highest BCUT2D eigenvalue weighted by molar-refractivity contribution is 7.89. The SMILES string of the molecule is CCC[C@@H]1NC(=O)[C@@H](NS(=O)(=[OH+])c2ccc(F)cc2)Cc2ccc(cc2)OCCCC[C@@H](CO)NC1=O. The van der Waals surface area contributed by atoms with Gasteiger partial charge in [0.25, 0.3) is 0 Å². The molecule has 2 aliphatic rings. The number of aliphatic hydroxyl groups is 1. The second-order valence-corrected chi connectivity index (χ2v) is 10.8. The lowest BCUT2D eigenvalue weighted by atomic mass is 10.0. The molecule has 2 aromatic rings. The summed E-state index contributed by atoms with van der Waals surface area (Å²) in [7, 11) is -3.93. The number of benzene rings is 2. The average Bonchev–Trinajstić information content (AvgIpc) is 2.87. The van der Waals surface area contributed by atoms with E-state index in [4.69, 9.17) is 4.74 Å². The minimum absolute atomic E-state index is 0.0462. The molecule has 0 fully saturated rings. The molecule has 0 spiro atoms. The summed E-state index contributed by atoms with van der Waals surface area (Å²) < 4.78 is 45.5. The predicted molar refractivity (Wildman–Crippen MR) is 137 cm³/mol. The van der Waals surface area contributed by atoms with Gasteiger partial charge in [-0.1, -0.05) is 25.5 Å². The Bertz CT molecular complexity index is 1140. The summed E-state index contributed by atoms with van der Waals surface area (Å²) in [5, 5.41) is 15.2. The molecule has 202 valence electrons. The molecule has 0 aromatic heterocycles. The van der Waals surface area contributed by atoms with Crippen molar-refractivity contribution in [3.05, 3.63) is 59.9 Å². The Labute approximate surface area is 216 Å². The van der Waals surface area contributed by atoms with E-state index in [0.717, 1.165) is 25.0 Å². The lowest BCUT2D eigenvalue weighted by molar-refractivity contribution is -0.130. The molecule has 2 heterocycles. The largest absolute Gasteiger partial charge is 0.494 e. The molecule has 0 saturated heterocycles. The lowest BCUT2D eigenvalue weighted by Gasteiger charge is -2.24. The van der Waals surface area contributed by atoms with E-state index in [-0.39, 0.29) is 17.9 Å². The van der Waals surface area contributed by atoms with E-state index >= 15 is 0 Å². The summed E-state index contributed by atoms with van der Waals surface area (Å²) in [6.45, 7) is 2.10. The fourth-order valence-electron chi connectivity index (χ4n) is 4.05. The van der Waals surface area contributed by atoms with Gasteiger partial charge in [0, 0.05) is 0 Å². The van der Waals surface area contributed by atoms with Crippen molar-refractivity contribution in [3.63, 3.8) is 0 Å². The maximum absolute atomic E-state index is 13.4. The second kappa shape index (κ2) is 13.5. The molecule has 11 heteroatoms. The Hall–Kier alpha value is -3.02. The third kappa shape index (κ3) is 8.51. The van der Waals surface area contributed by atoms with Crippen LogP contribution in [-0.2, 0) is 26.0 Å². The van der Waals surface area contributed by atoms with Crippen LogP contribution in [0, 0.1) is 5.82 Å². The van der Waals surface area contributed by atoms with Crippen LogP contribution in [0.15, 0.2) is 53.4 Å². The molecule has 37 heavy (non-hydrogen) atoms. The third-order valence-electron chi connectivity index (χ3n) is 6.11. The fraction of sp³-hybridized carbons (Fsp3) is 0.462. The van der Waals surface area contributed by atoms with Gasteiger partial charge in [-0.3, -0.25) is 9.59 Å². The monoisotopic (exact) mass is 536 g/mol. The lowest BCUT2D eigenvalue weighted by Crippen LogP contribution is -2.55. The van der Waals surface area contributed by atoms with Crippen LogP contribution in [-0.4, -0.2) is 56.7 Å². The number of carbonyl (C=O) groups is 2. The minimum Gasteiger partial charge on any atom is -0.494 e. The molecule has 2 aromatic carbocycles. The smallest absolute Gasteiger partial charge is 0.373 e. The molecule has 4 atom stereocenters. The Morgan fingerprint density at radius 2 is 1.78 bits per heavy atom. The molecule has 2 bridgehead atoms. The molecule has 4 rings (SSSR count). The number of aliphatic hydroxyl groups excluding tert-OH is 1. The van der Waals surface area contributed by atoms with Crippen molar-refractivity contribution in [1.82, 2.24) is 15.4 Å². The minimum atomic E-state index is -3.93. The highest BCUT2D eigenvalue weighted by Crippen LogP contribution is 2.17. The average molecular weight is 537 g/mol. The van der Waals surface area contributed by atoms with Gasteiger partial charge in [-0.15, -0.1) is 0 Å². The maximum Gasteiger partial charge on any atom is 0.373 e. The number of hydrogen-bond acceptors (Lipinski definition) is 5. The van der Waals surface area contributed by atoms with Crippen LogP contribution in [0.3, 0.4) is 0 Å². The van der Waals surface area contributed by atoms with Gasteiger partial charge in [-0.05, 0) is 74.1 Å². The summed E-state index contributed by atoms with van der Waals surface area (Å²) in [5.41, 5.74) is 0.704. The number of halogens is 1. The van der Waals surface area contributed by atoms with Gasteiger partial charge in [0.15, 0.2) is 0 Å². The zero-order chi connectivity index (χ0) is 26.8. The summed E-state index contributed by atoms with van der Waals surface area (Å²) in [5.74, 6) is -0.980. The van der Waals surface area contributed by atoms with Gasteiger partial charge in [0.2, 0.25) is 11.8 Å². The van der Waals surface area contributed by atoms with Gasteiger partial charge in [0.05, 0.1) is 19.3 Å². The van der Waals surface area contributed by atoms with Crippen LogP contribution in [0.25, 0.3) is 0 Å². The summed E-state index contributed by atoms with van der Waals surface area (Å²) >= 11 is 0. The van der Waals surface area contributed by atoms with Crippen molar-refractivity contribution in [2.75, 3.05) is 13.2 Å². The number of rotatable bonds is 6. The molecular formula is C26H35FN3O6S+. The predicted octanol–water partition coefficient (Wildman–Crippen LogP) is 2.20. The fourth-order valence-corrected chi connectivity index (χ4v) is 5.27. The molecule has 0 radical (unpaired) electrons. The van der Waals surface area contributed by atoms with Crippen molar-refractivity contribution in [1.29, 1.82) is 0 Å². The summed E-state index contributed by atoms with van der Waals surface area (Å²) in [6.07, 6.45) is 3.01. The number of carbonyl (C=O) groups excluding carboxylic acids is 2. The van der Waals surface area contributed by atoms with E-state index in [1.54, 1.807) is 24.3 Å². The van der Waals surface area contributed by atoms with E-state index < -0.39 is 45.8 Å². The quantitative estimate of drug-likeness (QED) is 0.420. The van der Waals surface area contributed by atoms with Crippen molar-refractivity contribution in [2.24, 2.45) is 0 Å². The molecule has 0 saturated carbocycles. The number of amides is 2. The zero-order valence-electron chi connectivity index (χ0n) is 20.8. The number of nitrogens with one attached hydrogen (secondary N) is 3. The van der Waals surface area contributed by atoms with Crippen LogP contribution in [0.1, 0.15) is 44.6 Å². The number of fused-ring (bicyclic) bond motifs is 14. The molecule has 2 amide bonds. The summed E-state index contributed by atoms with van der Waals surface area (Å²) in [6, 6.07) is 8.99. The van der Waals surface area contributed by atoms with Crippen LogP contribution >= 0.6 is 0 Å². The number of ether oxygens (including phenoxy) is 1. The van der Waals surface area contributed by atoms with Crippen molar-refractivity contribution in [3.8, 4) is 5.75 Å². The topological polar surface area (TPSA) is 138 Å². The van der Waals surface area contributed by atoms with E-state index in [1.807, 2.05) is 6.92 Å². The third-order valence-corrected chi connectivity index (χ3v) is 7.62. The first kappa shape index (κ1) is 28.5.